The fraction of sp³-hybridized carbons (Fsp3) is 0.949. The van der Waals surface area contributed by atoms with E-state index in [9.17, 15) is 43.2 Å². The van der Waals surface area contributed by atoms with Crippen molar-refractivity contribution < 1.29 is 80.2 Å². The van der Waals surface area contributed by atoms with Gasteiger partial charge in [-0.05, 0) is 43.4 Å². The number of hydrogen-bond donors (Lipinski definition) is 3. The molecule has 0 heterocycles. The number of unbranched alkanes of at least 4 members (excludes halogenated alkanes) is 44. The Kier molecular flexibility index (Phi) is 68.1. The van der Waals surface area contributed by atoms with E-state index in [0.717, 1.165) is 108 Å². The van der Waals surface area contributed by atoms with Crippen molar-refractivity contribution in [3.8, 4) is 0 Å². The van der Waals surface area contributed by atoms with Crippen LogP contribution in [-0.2, 0) is 65.4 Å². The fourth-order valence-corrected chi connectivity index (χ4v) is 13.7. The average molecular weight is 1440 g/mol. The van der Waals surface area contributed by atoms with Gasteiger partial charge in [-0.1, -0.05) is 357 Å². The van der Waals surface area contributed by atoms with E-state index in [4.69, 9.17) is 37.0 Å². The van der Waals surface area contributed by atoms with Gasteiger partial charge in [-0.25, -0.2) is 9.13 Å². The van der Waals surface area contributed by atoms with E-state index in [1.807, 2.05) is 0 Å². The summed E-state index contributed by atoms with van der Waals surface area (Å²) in [5.74, 6) is 0.218. The molecule has 98 heavy (non-hydrogen) atoms. The number of carbonyl (C=O) groups is 4. The van der Waals surface area contributed by atoms with E-state index in [1.165, 1.54) is 212 Å². The molecule has 0 fully saturated rings. The molecule has 0 spiro atoms. The lowest BCUT2D eigenvalue weighted by Gasteiger charge is -2.21. The summed E-state index contributed by atoms with van der Waals surface area (Å²) in [6, 6.07) is 0. The Bertz CT molecular complexity index is 1910. The van der Waals surface area contributed by atoms with Crippen LogP contribution in [0.2, 0.25) is 0 Å². The highest BCUT2D eigenvalue weighted by Crippen LogP contribution is 2.45. The van der Waals surface area contributed by atoms with E-state index in [2.05, 4.69) is 48.5 Å². The minimum Gasteiger partial charge on any atom is -0.462 e. The second kappa shape index (κ2) is 69.4. The maximum absolute atomic E-state index is 13.1. The summed E-state index contributed by atoms with van der Waals surface area (Å²) in [7, 11) is -9.92. The topological polar surface area (TPSA) is 237 Å². The van der Waals surface area contributed by atoms with Gasteiger partial charge in [0, 0.05) is 25.7 Å². The van der Waals surface area contributed by atoms with Crippen LogP contribution in [-0.4, -0.2) is 96.7 Å². The molecule has 17 nitrogen and oxygen atoms in total. The monoisotopic (exact) mass is 1440 g/mol. The van der Waals surface area contributed by atoms with Gasteiger partial charge in [0.05, 0.1) is 26.4 Å². The maximum Gasteiger partial charge on any atom is 0.472 e. The Labute approximate surface area is 600 Å². The Hall–Kier alpha value is -1.94. The van der Waals surface area contributed by atoms with Gasteiger partial charge in [0.25, 0.3) is 0 Å². The molecule has 3 unspecified atom stereocenters. The first-order valence-electron chi connectivity index (χ1n) is 40.9. The van der Waals surface area contributed by atoms with Crippen molar-refractivity contribution in [2.24, 2.45) is 17.8 Å². The standard InChI is InChI=1S/C79H154O17P2/c1-8-10-11-12-13-14-15-21-29-34-39-48-55-62-79(84)96-75(67-90-77(82)61-54-47-42-41-44-51-58-71(5)6)69-94-98(87,88)92-65-73(80)64-91-97(85,86)93-68-74(95-78(83)63-56-49-40-35-30-25-18-16-17-22-26-31-36-43-50-57-70(3)4)66-89-76(81)60-53-46-38-33-28-24-20-19-23-27-32-37-45-52-59-72(7)9-2/h70-75,80H,8-69H2,1-7H3,(H,85,86)(H,87,88)/t72?,73-,74-,75-/m1/s1. The minimum atomic E-state index is -4.96. The first kappa shape index (κ1) is 96.1. The molecule has 0 bridgehead atoms. The third-order valence-corrected chi connectivity index (χ3v) is 20.6. The highest BCUT2D eigenvalue weighted by atomic mass is 31.2. The smallest absolute Gasteiger partial charge is 0.462 e. The summed E-state index contributed by atoms with van der Waals surface area (Å²) in [6.07, 6.45) is 56.9. The van der Waals surface area contributed by atoms with Gasteiger partial charge in [0.2, 0.25) is 0 Å². The molecule has 0 amide bonds. The van der Waals surface area contributed by atoms with Crippen LogP contribution in [0.5, 0.6) is 0 Å². The first-order chi connectivity index (χ1) is 47.3. The van der Waals surface area contributed by atoms with Crippen molar-refractivity contribution in [1.29, 1.82) is 0 Å². The van der Waals surface area contributed by atoms with Gasteiger partial charge < -0.3 is 33.8 Å². The molecule has 0 aliphatic heterocycles. The second-order valence-electron chi connectivity index (χ2n) is 29.6. The van der Waals surface area contributed by atoms with Gasteiger partial charge in [0.15, 0.2) is 12.2 Å². The summed E-state index contributed by atoms with van der Waals surface area (Å²) in [6.45, 7) is 11.9. The molecule has 0 aromatic carbocycles. The van der Waals surface area contributed by atoms with Crippen LogP contribution in [0.25, 0.3) is 0 Å². The predicted molar refractivity (Wildman–Crippen MR) is 400 cm³/mol. The number of phosphoric acid groups is 2. The summed E-state index contributed by atoms with van der Waals surface area (Å²) in [4.78, 5) is 72.9. The summed E-state index contributed by atoms with van der Waals surface area (Å²) >= 11 is 0. The zero-order chi connectivity index (χ0) is 72.3. The molecule has 0 aliphatic rings. The van der Waals surface area contributed by atoms with Crippen LogP contribution in [0.4, 0.5) is 0 Å². The number of aliphatic hydroxyl groups excluding tert-OH is 1. The number of hydrogen-bond acceptors (Lipinski definition) is 15. The third-order valence-electron chi connectivity index (χ3n) is 18.7. The lowest BCUT2D eigenvalue weighted by molar-refractivity contribution is -0.161. The maximum atomic E-state index is 13.1. The van der Waals surface area contributed by atoms with Crippen molar-refractivity contribution in [2.75, 3.05) is 39.6 Å². The van der Waals surface area contributed by atoms with Crippen LogP contribution >= 0.6 is 15.6 Å². The quantitative estimate of drug-likeness (QED) is 0.0222. The lowest BCUT2D eigenvalue weighted by atomic mass is 9.99. The molecule has 0 saturated heterocycles. The molecule has 0 aliphatic carbocycles. The zero-order valence-corrected chi connectivity index (χ0v) is 66.0. The number of esters is 4. The number of carbonyl (C=O) groups excluding carboxylic acids is 4. The number of ether oxygens (including phenoxy) is 4. The normalized spacial score (nSPS) is 14.3. The molecule has 0 saturated carbocycles. The third kappa shape index (κ3) is 71.1. The van der Waals surface area contributed by atoms with Gasteiger partial charge in [-0.3, -0.25) is 37.3 Å². The second-order valence-corrected chi connectivity index (χ2v) is 32.6. The van der Waals surface area contributed by atoms with E-state index in [1.54, 1.807) is 0 Å². The minimum absolute atomic E-state index is 0.106. The highest BCUT2D eigenvalue weighted by Gasteiger charge is 2.30. The molecule has 0 aromatic heterocycles. The van der Waals surface area contributed by atoms with Crippen LogP contribution in [0.3, 0.4) is 0 Å². The molecule has 0 radical (unpaired) electrons. The molecule has 582 valence electrons. The van der Waals surface area contributed by atoms with Crippen molar-refractivity contribution in [3.63, 3.8) is 0 Å². The van der Waals surface area contributed by atoms with Crippen molar-refractivity contribution >= 4 is 39.5 Å². The Morgan fingerprint density at radius 1 is 0.296 bits per heavy atom. The Balaban J connectivity index is 5.23. The predicted octanol–water partition coefficient (Wildman–Crippen LogP) is 23.4. The van der Waals surface area contributed by atoms with Crippen molar-refractivity contribution in [2.45, 2.75) is 426 Å². The van der Waals surface area contributed by atoms with Crippen LogP contribution in [0.1, 0.15) is 408 Å². The molecular weight excluding hydrogens is 1280 g/mol. The van der Waals surface area contributed by atoms with E-state index in [0.29, 0.717) is 31.6 Å². The fourth-order valence-electron chi connectivity index (χ4n) is 12.1. The summed E-state index contributed by atoms with van der Waals surface area (Å²) < 4.78 is 68.6. The largest absolute Gasteiger partial charge is 0.472 e. The molecule has 0 rings (SSSR count). The van der Waals surface area contributed by atoms with Gasteiger partial charge in [-0.15, -0.1) is 0 Å². The van der Waals surface area contributed by atoms with Crippen molar-refractivity contribution in [1.82, 2.24) is 0 Å². The number of phosphoric ester groups is 2. The Morgan fingerprint density at radius 3 is 0.776 bits per heavy atom. The van der Waals surface area contributed by atoms with Crippen LogP contribution < -0.4 is 0 Å². The highest BCUT2D eigenvalue weighted by molar-refractivity contribution is 7.47. The molecule has 6 atom stereocenters. The van der Waals surface area contributed by atoms with Crippen molar-refractivity contribution in [3.05, 3.63) is 0 Å². The summed E-state index contributed by atoms with van der Waals surface area (Å²) in [5, 5.41) is 10.6. The first-order valence-corrected chi connectivity index (χ1v) is 43.9. The SMILES string of the molecule is CCCCCCCCCCCCCCCC(=O)O[C@H](COC(=O)CCCCCCCCC(C)C)COP(=O)(O)OC[C@H](O)COP(=O)(O)OC[C@@H](COC(=O)CCCCCCCCCCCCCCCCC(C)CC)OC(=O)CCCCCCCCCCCCCCCCCC(C)C. The van der Waals surface area contributed by atoms with Crippen LogP contribution in [0.15, 0.2) is 0 Å². The zero-order valence-electron chi connectivity index (χ0n) is 64.3. The van der Waals surface area contributed by atoms with Gasteiger partial charge in [0.1, 0.15) is 19.3 Å². The summed E-state index contributed by atoms with van der Waals surface area (Å²) in [5.41, 5.74) is 0. The average Bonchev–Trinajstić information content (AvgIpc) is 0.976. The van der Waals surface area contributed by atoms with E-state index < -0.39 is 97.5 Å². The number of rotatable bonds is 77. The molecule has 0 aromatic rings. The molecular formula is C79H154O17P2. The lowest BCUT2D eigenvalue weighted by Crippen LogP contribution is -2.30. The van der Waals surface area contributed by atoms with Gasteiger partial charge >= 0.3 is 39.5 Å². The Morgan fingerprint density at radius 2 is 0.520 bits per heavy atom. The molecule has 3 N–H and O–H groups in total. The van der Waals surface area contributed by atoms with E-state index in [-0.39, 0.29) is 25.7 Å². The van der Waals surface area contributed by atoms with E-state index >= 15 is 0 Å². The molecule has 19 heteroatoms. The number of aliphatic hydroxyl groups is 1. The van der Waals surface area contributed by atoms with Gasteiger partial charge in [-0.2, -0.15) is 0 Å². The van der Waals surface area contributed by atoms with Crippen LogP contribution in [0, 0.1) is 17.8 Å².